The number of anilines is 1. The minimum Gasteiger partial charge on any atom is -0.439 e. The quantitative estimate of drug-likeness (QED) is 0.606. The molecule has 0 saturated heterocycles. The number of halogens is 3. The molecule has 2 N–H and O–H groups in total. The van der Waals surface area contributed by atoms with Crippen molar-refractivity contribution in [2.75, 3.05) is 18.5 Å². The van der Waals surface area contributed by atoms with Crippen molar-refractivity contribution in [2.24, 2.45) is 0 Å². The van der Waals surface area contributed by atoms with Gasteiger partial charge in [-0.15, -0.1) is 0 Å². The van der Waals surface area contributed by atoms with Crippen LogP contribution in [0.4, 0.5) is 14.5 Å². The molecule has 150 valence electrons. The molecule has 3 rings (SSSR count). The van der Waals surface area contributed by atoms with Crippen LogP contribution in [0.15, 0.2) is 47.0 Å². The molecule has 3 aromatic rings. The fourth-order valence-electron chi connectivity index (χ4n) is 2.16. The second kappa shape index (κ2) is 9.11. The van der Waals surface area contributed by atoms with E-state index in [1.807, 2.05) is 0 Å². The van der Waals surface area contributed by atoms with E-state index in [1.165, 1.54) is 6.07 Å². The van der Waals surface area contributed by atoms with Crippen LogP contribution in [0.25, 0.3) is 11.4 Å². The zero-order chi connectivity index (χ0) is 20.8. The molecule has 2 aromatic carbocycles. The molecule has 0 saturated carbocycles. The maximum Gasteiger partial charge on any atom is 0.418 e. The molecule has 0 unspecified atom stereocenters. The maximum atomic E-state index is 13.1. The van der Waals surface area contributed by atoms with Crippen LogP contribution < -0.4 is 15.4 Å². The number of nitrogens with zero attached hydrogens (tertiary/aromatic N) is 2. The first-order valence-corrected chi connectivity index (χ1v) is 8.53. The van der Waals surface area contributed by atoms with Gasteiger partial charge < -0.3 is 15.4 Å². The Bertz CT molecular complexity index is 1040. The van der Waals surface area contributed by atoms with Gasteiger partial charge in [-0.25, -0.2) is 8.78 Å². The minimum atomic E-state index is -1.10. The Labute approximate surface area is 167 Å². The largest absolute Gasteiger partial charge is 0.439 e. The SMILES string of the molecule is O=C(COc1nc(-c2ccccc2Cl)no1)NCC(=O)Nc1ccc(F)c(F)c1. The summed E-state index contributed by atoms with van der Waals surface area (Å²) in [5, 5.41) is 8.73. The Morgan fingerprint density at radius 2 is 1.90 bits per heavy atom. The number of nitrogens with one attached hydrogen (secondary N) is 2. The monoisotopic (exact) mass is 422 g/mol. The summed E-state index contributed by atoms with van der Waals surface area (Å²) in [6, 6.07) is 9.73. The van der Waals surface area contributed by atoms with E-state index in [4.69, 9.17) is 20.9 Å². The van der Waals surface area contributed by atoms with Gasteiger partial charge in [-0.3, -0.25) is 14.1 Å². The molecular formula is C18H13ClF2N4O4. The van der Waals surface area contributed by atoms with E-state index in [9.17, 15) is 18.4 Å². The topological polar surface area (TPSA) is 106 Å². The summed E-state index contributed by atoms with van der Waals surface area (Å²) in [6.45, 7) is -0.890. The minimum absolute atomic E-state index is 0.0531. The van der Waals surface area contributed by atoms with Gasteiger partial charge in [0.1, 0.15) is 0 Å². The van der Waals surface area contributed by atoms with Gasteiger partial charge in [0.25, 0.3) is 5.91 Å². The molecule has 1 heterocycles. The van der Waals surface area contributed by atoms with E-state index in [0.29, 0.717) is 10.6 Å². The van der Waals surface area contributed by atoms with Crippen molar-refractivity contribution in [3.8, 4) is 17.5 Å². The van der Waals surface area contributed by atoms with E-state index in [0.717, 1.165) is 12.1 Å². The lowest BCUT2D eigenvalue weighted by atomic mass is 10.2. The first-order valence-electron chi connectivity index (χ1n) is 8.15. The van der Waals surface area contributed by atoms with Crippen LogP contribution in [-0.2, 0) is 9.59 Å². The third-order valence-corrected chi connectivity index (χ3v) is 3.83. The fourth-order valence-corrected chi connectivity index (χ4v) is 2.38. The van der Waals surface area contributed by atoms with Crippen LogP contribution in [0.3, 0.4) is 0 Å². The first kappa shape index (κ1) is 20.2. The molecular weight excluding hydrogens is 410 g/mol. The summed E-state index contributed by atoms with van der Waals surface area (Å²) in [5.74, 6) is -3.22. The van der Waals surface area contributed by atoms with Crippen molar-refractivity contribution in [3.05, 3.63) is 59.1 Å². The Morgan fingerprint density at radius 1 is 1.10 bits per heavy atom. The van der Waals surface area contributed by atoms with Gasteiger partial charge in [-0.05, 0) is 24.3 Å². The molecule has 0 aliphatic heterocycles. The van der Waals surface area contributed by atoms with Crippen LogP contribution in [0, 0.1) is 11.6 Å². The fraction of sp³-hybridized carbons (Fsp3) is 0.111. The van der Waals surface area contributed by atoms with Gasteiger partial charge in [0.15, 0.2) is 18.2 Å². The number of rotatable bonds is 7. The highest BCUT2D eigenvalue weighted by atomic mass is 35.5. The predicted molar refractivity (Wildman–Crippen MR) is 98.2 cm³/mol. The maximum absolute atomic E-state index is 13.1. The van der Waals surface area contributed by atoms with Crippen LogP contribution in [-0.4, -0.2) is 35.1 Å². The molecule has 29 heavy (non-hydrogen) atoms. The number of amides is 2. The highest BCUT2D eigenvalue weighted by Gasteiger charge is 2.14. The molecule has 1 aromatic heterocycles. The summed E-state index contributed by atoms with van der Waals surface area (Å²) >= 11 is 6.04. The second-order valence-corrected chi connectivity index (χ2v) is 6.01. The second-order valence-electron chi connectivity index (χ2n) is 5.61. The van der Waals surface area contributed by atoms with E-state index < -0.39 is 36.6 Å². The third kappa shape index (κ3) is 5.48. The van der Waals surface area contributed by atoms with Crippen molar-refractivity contribution < 1.29 is 27.6 Å². The summed E-state index contributed by atoms with van der Waals surface area (Å²) in [4.78, 5) is 27.5. The van der Waals surface area contributed by atoms with E-state index in [2.05, 4.69) is 20.8 Å². The number of carbonyl (C=O) groups is 2. The van der Waals surface area contributed by atoms with Gasteiger partial charge >= 0.3 is 6.08 Å². The number of ether oxygens (including phenoxy) is 1. The number of benzene rings is 2. The molecule has 0 fully saturated rings. The van der Waals surface area contributed by atoms with Crippen molar-refractivity contribution in [1.29, 1.82) is 0 Å². The van der Waals surface area contributed by atoms with Crippen molar-refractivity contribution in [1.82, 2.24) is 15.5 Å². The molecule has 0 atom stereocenters. The molecule has 8 nitrogen and oxygen atoms in total. The molecule has 2 amide bonds. The molecule has 0 spiro atoms. The average molecular weight is 423 g/mol. The van der Waals surface area contributed by atoms with Crippen LogP contribution in [0.1, 0.15) is 0 Å². The van der Waals surface area contributed by atoms with Crippen molar-refractivity contribution >= 4 is 29.1 Å². The van der Waals surface area contributed by atoms with Gasteiger partial charge in [-0.1, -0.05) is 28.9 Å². The Hall–Kier alpha value is -3.53. The van der Waals surface area contributed by atoms with Crippen LogP contribution in [0.2, 0.25) is 5.02 Å². The summed E-state index contributed by atoms with van der Waals surface area (Å²) in [6.07, 6.45) is -0.249. The zero-order valence-electron chi connectivity index (χ0n) is 14.6. The number of aromatic nitrogens is 2. The standard InChI is InChI=1S/C18H13ClF2N4O4/c19-12-4-2-1-3-11(12)17-24-18(29-25-17)28-9-16(27)22-8-15(26)23-10-5-6-13(20)14(21)7-10/h1-7H,8-9H2,(H,22,27)(H,23,26). The predicted octanol–water partition coefficient (Wildman–Crippen LogP) is 2.80. The number of hydrogen-bond donors (Lipinski definition) is 2. The van der Waals surface area contributed by atoms with Gasteiger partial charge in [0.2, 0.25) is 11.7 Å². The number of carbonyl (C=O) groups excluding carboxylic acids is 2. The van der Waals surface area contributed by atoms with Gasteiger partial charge in [0.05, 0.1) is 11.6 Å². The van der Waals surface area contributed by atoms with Gasteiger partial charge in [0, 0.05) is 17.3 Å². The van der Waals surface area contributed by atoms with E-state index in [1.54, 1.807) is 24.3 Å². The normalized spacial score (nSPS) is 10.4. The molecule has 0 aliphatic carbocycles. The molecule has 0 aliphatic rings. The van der Waals surface area contributed by atoms with Crippen molar-refractivity contribution in [2.45, 2.75) is 0 Å². The highest BCUT2D eigenvalue weighted by molar-refractivity contribution is 6.33. The Morgan fingerprint density at radius 3 is 2.66 bits per heavy atom. The lowest BCUT2D eigenvalue weighted by Gasteiger charge is -2.07. The van der Waals surface area contributed by atoms with Gasteiger partial charge in [-0.2, -0.15) is 4.98 Å². The smallest absolute Gasteiger partial charge is 0.418 e. The average Bonchev–Trinajstić information content (AvgIpc) is 3.17. The molecule has 0 radical (unpaired) electrons. The van der Waals surface area contributed by atoms with E-state index in [-0.39, 0.29) is 17.6 Å². The van der Waals surface area contributed by atoms with E-state index >= 15 is 0 Å². The molecule has 11 heteroatoms. The van der Waals surface area contributed by atoms with Crippen LogP contribution >= 0.6 is 11.6 Å². The summed E-state index contributed by atoms with van der Waals surface area (Å²) in [5.41, 5.74) is 0.587. The lowest BCUT2D eigenvalue weighted by Crippen LogP contribution is -2.35. The first-order chi connectivity index (χ1) is 13.9. The Kier molecular flexibility index (Phi) is 6.35. The number of hydrogen-bond acceptors (Lipinski definition) is 6. The third-order valence-electron chi connectivity index (χ3n) is 3.50. The Balaban J connectivity index is 1.45. The van der Waals surface area contributed by atoms with Crippen LogP contribution in [0.5, 0.6) is 6.08 Å². The highest BCUT2D eigenvalue weighted by Crippen LogP contribution is 2.26. The van der Waals surface area contributed by atoms with Crippen molar-refractivity contribution in [3.63, 3.8) is 0 Å². The lowest BCUT2D eigenvalue weighted by molar-refractivity contribution is -0.126. The summed E-state index contributed by atoms with van der Waals surface area (Å²) in [7, 11) is 0. The summed E-state index contributed by atoms with van der Waals surface area (Å²) < 4.78 is 35.9. The molecule has 0 bridgehead atoms. The zero-order valence-corrected chi connectivity index (χ0v) is 15.4.